The molecular weight excluding hydrogens is 276 g/mol. The molecule has 2 aromatic rings. The van der Waals surface area contributed by atoms with Gasteiger partial charge >= 0.3 is 0 Å². The molecule has 100 valence electrons. The smallest absolute Gasteiger partial charge is 0.221 e. The van der Waals surface area contributed by atoms with Gasteiger partial charge in [0.1, 0.15) is 11.1 Å². The predicted octanol–water partition coefficient (Wildman–Crippen LogP) is 3.31. The van der Waals surface area contributed by atoms with Crippen molar-refractivity contribution in [3.8, 4) is 6.07 Å². The molecule has 0 aliphatic heterocycles. The minimum atomic E-state index is -0.128. The Labute approximate surface area is 121 Å². The zero-order valence-corrected chi connectivity index (χ0v) is 11.4. The van der Waals surface area contributed by atoms with Gasteiger partial charge in [0.15, 0.2) is 5.82 Å². The molecule has 6 heteroatoms. The minimum absolute atomic E-state index is 0.128. The minimum Gasteiger partial charge on any atom is -0.339 e. The van der Waals surface area contributed by atoms with Crippen molar-refractivity contribution in [3.63, 3.8) is 0 Å². The number of pyridine rings is 1. The van der Waals surface area contributed by atoms with Crippen LogP contribution in [0.2, 0.25) is 5.02 Å². The molecule has 0 saturated heterocycles. The molecule has 0 aliphatic rings. The molecule has 1 aromatic carbocycles. The number of nitrogens with one attached hydrogen (secondary N) is 2. The normalized spacial score (nSPS) is 9.65. The largest absolute Gasteiger partial charge is 0.339 e. The Morgan fingerprint density at radius 2 is 1.90 bits per heavy atom. The Morgan fingerprint density at radius 3 is 2.50 bits per heavy atom. The van der Waals surface area contributed by atoms with Crippen LogP contribution in [-0.2, 0) is 4.79 Å². The average molecular weight is 287 g/mol. The molecule has 1 amide bonds. The molecule has 20 heavy (non-hydrogen) atoms. The summed E-state index contributed by atoms with van der Waals surface area (Å²) in [7, 11) is 0. The number of benzene rings is 1. The summed E-state index contributed by atoms with van der Waals surface area (Å²) in [5.41, 5.74) is 1.82. The molecule has 0 saturated carbocycles. The van der Waals surface area contributed by atoms with E-state index in [-0.39, 0.29) is 10.9 Å². The molecule has 0 spiro atoms. The summed E-state index contributed by atoms with van der Waals surface area (Å²) in [5.74, 6) is 0.287. The number of nitrogens with zero attached hydrogens (tertiary/aromatic N) is 2. The molecule has 0 atom stereocenters. The maximum absolute atomic E-state index is 10.9. The van der Waals surface area contributed by atoms with Gasteiger partial charge in [0.05, 0.1) is 5.56 Å². The van der Waals surface area contributed by atoms with Gasteiger partial charge in [-0.25, -0.2) is 4.98 Å². The third kappa shape index (κ3) is 3.25. The highest BCUT2D eigenvalue weighted by Gasteiger charge is 2.07. The number of halogens is 1. The van der Waals surface area contributed by atoms with Gasteiger partial charge in [-0.3, -0.25) is 4.79 Å². The van der Waals surface area contributed by atoms with E-state index in [0.717, 1.165) is 5.69 Å². The molecule has 1 heterocycles. The van der Waals surface area contributed by atoms with E-state index in [9.17, 15) is 4.79 Å². The van der Waals surface area contributed by atoms with Crippen LogP contribution >= 0.6 is 11.6 Å². The highest BCUT2D eigenvalue weighted by molar-refractivity contribution is 6.34. The first-order chi connectivity index (χ1) is 9.60. The van der Waals surface area contributed by atoms with Crippen LogP contribution in [0.25, 0.3) is 0 Å². The van der Waals surface area contributed by atoms with E-state index in [1.807, 2.05) is 6.07 Å². The fourth-order valence-corrected chi connectivity index (χ4v) is 1.80. The van der Waals surface area contributed by atoms with E-state index in [0.29, 0.717) is 17.1 Å². The number of hydrogen-bond acceptors (Lipinski definition) is 4. The molecule has 0 unspecified atom stereocenters. The van der Waals surface area contributed by atoms with E-state index >= 15 is 0 Å². The van der Waals surface area contributed by atoms with Crippen LogP contribution in [0.1, 0.15) is 12.5 Å². The average Bonchev–Trinajstić information content (AvgIpc) is 2.43. The van der Waals surface area contributed by atoms with Crippen molar-refractivity contribution in [1.29, 1.82) is 5.26 Å². The molecule has 2 N–H and O–H groups in total. The van der Waals surface area contributed by atoms with Crippen LogP contribution in [0.5, 0.6) is 0 Å². The first-order valence-electron chi connectivity index (χ1n) is 5.79. The molecule has 2 rings (SSSR count). The van der Waals surface area contributed by atoms with Crippen LogP contribution in [0.4, 0.5) is 17.2 Å². The summed E-state index contributed by atoms with van der Waals surface area (Å²) in [4.78, 5) is 15.0. The Hall–Kier alpha value is -2.58. The summed E-state index contributed by atoms with van der Waals surface area (Å²) in [6.07, 6.45) is 1.51. The van der Waals surface area contributed by atoms with E-state index < -0.39 is 0 Å². The topological polar surface area (TPSA) is 77.8 Å². The first-order valence-corrected chi connectivity index (χ1v) is 6.17. The number of nitriles is 1. The van der Waals surface area contributed by atoms with Crippen molar-refractivity contribution in [2.45, 2.75) is 6.92 Å². The fourth-order valence-electron chi connectivity index (χ4n) is 1.59. The number of carbonyl (C=O) groups is 1. The second-order valence-corrected chi connectivity index (χ2v) is 4.39. The van der Waals surface area contributed by atoms with Crippen LogP contribution < -0.4 is 10.6 Å². The summed E-state index contributed by atoms with van der Waals surface area (Å²) in [6.45, 7) is 1.45. The Morgan fingerprint density at radius 1 is 1.25 bits per heavy atom. The molecule has 0 radical (unpaired) electrons. The van der Waals surface area contributed by atoms with Crippen molar-refractivity contribution in [1.82, 2.24) is 4.98 Å². The molecule has 0 fully saturated rings. The van der Waals surface area contributed by atoms with Gasteiger partial charge in [-0.2, -0.15) is 5.26 Å². The van der Waals surface area contributed by atoms with Gasteiger partial charge in [-0.15, -0.1) is 0 Å². The van der Waals surface area contributed by atoms with E-state index in [1.54, 1.807) is 30.3 Å². The SMILES string of the molecule is CC(=O)Nc1ccc(Nc2nccc(C#N)c2Cl)cc1. The molecule has 0 bridgehead atoms. The van der Waals surface area contributed by atoms with Gasteiger partial charge in [-0.05, 0) is 30.3 Å². The maximum atomic E-state index is 10.9. The number of hydrogen-bond donors (Lipinski definition) is 2. The Bertz CT molecular complexity index is 677. The van der Waals surface area contributed by atoms with Gasteiger partial charge in [0, 0.05) is 24.5 Å². The first kappa shape index (κ1) is 13.8. The second-order valence-electron chi connectivity index (χ2n) is 4.02. The van der Waals surface area contributed by atoms with E-state index in [2.05, 4.69) is 15.6 Å². The third-order valence-corrected chi connectivity index (χ3v) is 2.86. The second kappa shape index (κ2) is 6.04. The van der Waals surface area contributed by atoms with Gasteiger partial charge in [0.2, 0.25) is 5.91 Å². The van der Waals surface area contributed by atoms with Crippen molar-refractivity contribution in [2.75, 3.05) is 10.6 Å². The van der Waals surface area contributed by atoms with Crippen LogP contribution in [0.15, 0.2) is 36.5 Å². The lowest BCUT2D eigenvalue weighted by Crippen LogP contribution is -2.05. The molecule has 5 nitrogen and oxygen atoms in total. The van der Waals surface area contributed by atoms with E-state index in [1.165, 1.54) is 13.1 Å². The summed E-state index contributed by atoms with van der Waals surface area (Å²) >= 11 is 6.05. The van der Waals surface area contributed by atoms with Crippen LogP contribution in [0, 0.1) is 11.3 Å². The van der Waals surface area contributed by atoms with Gasteiger partial charge in [-0.1, -0.05) is 11.6 Å². The lowest BCUT2D eigenvalue weighted by molar-refractivity contribution is -0.114. The van der Waals surface area contributed by atoms with Crippen molar-refractivity contribution >= 4 is 34.7 Å². The lowest BCUT2D eigenvalue weighted by Gasteiger charge is -2.09. The Kier molecular flexibility index (Phi) is 4.18. The van der Waals surface area contributed by atoms with Crippen molar-refractivity contribution in [2.24, 2.45) is 0 Å². The number of rotatable bonds is 3. The quantitative estimate of drug-likeness (QED) is 0.907. The zero-order valence-electron chi connectivity index (χ0n) is 10.6. The number of carbonyl (C=O) groups excluding carboxylic acids is 1. The summed E-state index contributed by atoms with van der Waals surface area (Å²) in [6, 6.07) is 10.6. The maximum Gasteiger partial charge on any atom is 0.221 e. The van der Waals surface area contributed by atoms with Crippen molar-refractivity contribution < 1.29 is 4.79 Å². The van der Waals surface area contributed by atoms with Crippen molar-refractivity contribution in [3.05, 3.63) is 47.1 Å². The summed E-state index contributed by atoms with van der Waals surface area (Å²) < 4.78 is 0. The van der Waals surface area contributed by atoms with Gasteiger partial charge in [0.25, 0.3) is 0 Å². The predicted molar refractivity (Wildman–Crippen MR) is 78.0 cm³/mol. The zero-order chi connectivity index (χ0) is 14.5. The standard InChI is InChI=1S/C14H11ClN4O/c1-9(20)18-11-2-4-12(5-3-11)19-14-13(15)10(8-16)6-7-17-14/h2-7H,1H3,(H,17,19)(H,18,20). The fraction of sp³-hybridized carbons (Fsp3) is 0.0714. The highest BCUT2D eigenvalue weighted by Crippen LogP contribution is 2.26. The Balaban J connectivity index is 2.19. The van der Waals surface area contributed by atoms with Crippen LogP contribution in [0.3, 0.4) is 0 Å². The van der Waals surface area contributed by atoms with E-state index in [4.69, 9.17) is 16.9 Å². The third-order valence-electron chi connectivity index (χ3n) is 2.48. The van der Waals surface area contributed by atoms with Gasteiger partial charge < -0.3 is 10.6 Å². The monoisotopic (exact) mass is 286 g/mol. The highest BCUT2D eigenvalue weighted by atomic mass is 35.5. The molecule has 1 aromatic heterocycles. The number of aromatic nitrogens is 1. The lowest BCUT2D eigenvalue weighted by atomic mass is 10.2. The number of amides is 1. The summed E-state index contributed by atoms with van der Waals surface area (Å²) in [5, 5.41) is 14.9. The van der Waals surface area contributed by atoms with Crippen LogP contribution in [-0.4, -0.2) is 10.9 Å². The molecular formula is C14H11ClN4O. The number of anilines is 3. The molecule has 0 aliphatic carbocycles.